The van der Waals surface area contributed by atoms with Crippen LogP contribution in [0.1, 0.15) is 38.6 Å². The van der Waals surface area contributed by atoms with Gasteiger partial charge in [0.05, 0.1) is 11.8 Å². The summed E-state index contributed by atoms with van der Waals surface area (Å²) in [6.45, 7) is 7.84. The van der Waals surface area contributed by atoms with Gasteiger partial charge in [-0.05, 0) is 39.3 Å². The lowest BCUT2D eigenvalue weighted by molar-refractivity contribution is 0.242. The van der Waals surface area contributed by atoms with E-state index in [1.54, 1.807) is 6.92 Å². The predicted molar refractivity (Wildman–Crippen MR) is 84.8 cm³/mol. The van der Waals surface area contributed by atoms with Crippen LogP contribution < -0.4 is 10.3 Å². The number of benzene rings is 1. The first kappa shape index (κ1) is 15.3. The normalized spacial score (nSPS) is 10.9. The van der Waals surface area contributed by atoms with Gasteiger partial charge in [-0.25, -0.2) is 4.98 Å². The van der Waals surface area contributed by atoms with E-state index in [-0.39, 0.29) is 11.7 Å². The minimum absolute atomic E-state index is 0.0707. The van der Waals surface area contributed by atoms with Crippen molar-refractivity contribution in [3.8, 4) is 17.0 Å². The van der Waals surface area contributed by atoms with Gasteiger partial charge in [0.25, 0.3) is 5.56 Å². The van der Waals surface area contributed by atoms with Gasteiger partial charge in [0.1, 0.15) is 11.6 Å². The number of H-pyrrole nitrogens is 1. The first-order valence-electron chi connectivity index (χ1n) is 7.38. The monoisotopic (exact) mass is 286 g/mol. The van der Waals surface area contributed by atoms with Crippen LogP contribution in [0.5, 0.6) is 5.75 Å². The van der Waals surface area contributed by atoms with E-state index in [2.05, 4.69) is 16.9 Å². The summed E-state index contributed by atoms with van der Waals surface area (Å²) < 4.78 is 5.71. The van der Waals surface area contributed by atoms with Crippen LogP contribution >= 0.6 is 0 Å². The van der Waals surface area contributed by atoms with Crippen molar-refractivity contribution in [1.82, 2.24) is 9.97 Å². The smallest absolute Gasteiger partial charge is 0.254 e. The van der Waals surface area contributed by atoms with Gasteiger partial charge in [0.15, 0.2) is 0 Å². The number of rotatable bonds is 5. The van der Waals surface area contributed by atoms with E-state index in [1.165, 1.54) is 0 Å². The van der Waals surface area contributed by atoms with E-state index in [9.17, 15) is 4.79 Å². The van der Waals surface area contributed by atoms with E-state index in [4.69, 9.17) is 4.74 Å². The third-order valence-corrected chi connectivity index (χ3v) is 3.17. The first-order chi connectivity index (χ1) is 10.0. The van der Waals surface area contributed by atoms with E-state index in [1.807, 2.05) is 38.1 Å². The average Bonchev–Trinajstić information content (AvgIpc) is 2.42. The highest BCUT2D eigenvalue weighted by Gasteiger charge is 2.10. The maximum absolute atomic E-state index is 12.0. The number of hydrogen-bond donors (Lipinski definition) is 1. The van der Waals surface area contributed by atoms with Gasteiger partial charge in [-0.2, -0.15) is 0 Å². The Kier molecular flexibility index (Phi) is 4.78. The van der Waals surface area contributed by atoms with Crippen molar-refractivity contribution >= 4 is 0 Å². The zero-order valence-corrected chi connectivity index (χ0v) is 13.1. The summed E-state index contributed by atoms with van der Waals surface area (Å²) in [6, 6.07) is 7.73. The Labute approximate surface area is 125 Å². The lowest BCUT2D eigenvalue weighted by Gasteiger charge is -2.12. The fourth-order valence-corrected chi connectivity index (χ4v) is 2.20. The van der Waals surface area contributed by atoms with Gasteiger partial charge >= 0.3 is 0 Å². The van der Waals surface area contributed by atoms with Crippen molar-refractivity contribution in [2.45, 2.75) is 46.6 Å². The molecule has 1 aromatic carbocycles. The largest absolute Gasteiger partial charge is 0.491 e. The molecule has 1 N–H and O–H groups in total. The molecule has 0 radical (unpaired) electrons. The number of ether oxygens (including phenoxy) is 1. The molecule has 0 atom stereocenters. The number of nitrogens with zero attached hydrogens (tertiary/aromatic N) is 1. The Balaban J connectivity index is 2.48. The maximum Gasteiger partial charge on any atom is 0.254 e. The topological polar surface area (TPSA) is 55.0 Å². The molecule has 0 aliphatic heterocycles. The summed E-state index contributed by atoms with van der Waals surface area (Å²) in [7, 11) is 0. The Hall–Kier alpha value is -2.10. The van der Waals surface area contributed by atoms with Gasteiger partial charge < -0.3 is 9.72 Å². The molecule has 112 valence electrons. The third-order valence-electron chi connectivity index (χ3n) is 3.17. The highest BCUT2D eigenvalue weighted by Crippen LogP contribution is 2.24. The summed E-state index contributed by atoms with van der Waals surface area (Å²) in [5, 5.41) is 0. The number of aromatic nitrogens is 2. The molecule has 0 unspecified atom stereocenters. The number of nitrogens with one attached hydrogen (secondary N) is 1. The minimum atomic E-state index is -0.0707. The lowest BCUT2D eigenvalue weighted by atomic mass is 10.1. The van der Waals surface area contributed by atoms with Crippen molar-refractivity contribution in [3.05, 3.63) is 46.0 Å². The second-order valence-electron chi connectivity index (χ2n) is 5.43. The Bertz CT molecular complexity index is 675. The number of aryl methyl sites for hydroxylation is 1. The standard InChI is InChI=1S/C17H22N2O2/c1-5-7-15-18-16(12(4)17(20)19-15)13-8-6-9-14(10-13)21-11(2)3/h6,8-11H,5,7H2,1-4H3,(H,18,19,20). The van der Waals surface area contributed by atoms with Crippen LogP contribution in [-0.2, 0) is 6.42 Å². The fraction of sp³-hybridized carbons (Fsp3) is 0.412. The zero-order chi connectivity index (χ0) is 15.4. The van der Waals surface area contributed by atoms with Gasteiger partial charge in [-0.1, -0.05) is 19.1 Å². The number of aromatic amines is 1. The van der Waals surface area contributed by atoms with Crippen LogP contribution in [-0.4, -0.2) is 16.1 Å². The summed E-state index contributed by atoms with van der Waals surface area (Å²) in [5.74, 6) is 1.53. The SMILES string of the molecule is CCCc1nc(-c2cccc(OC(C)C)c2)c(C)c(=O)[nH]1. The molecule has 0 aliphatic rings. The maximum atomic E-state index is 12.0. The molecule has 2 aromatic rings. The molecule has 2 rings (SSSR count). The van der Waals surface area contributed by atoms with Crippen molar-refractivity contribution in [3.63, 3.8) is 0 Å². The molecule has 0 fully saturated rings. The van der Waals surface area contributed by atoms with Gasteiger partial charge in [-0.15, -0.1) is 0 Å². The molecular weight excluding hydrogens is 264 g/mol. The van der Waals surface area contributed by atoms with E-state index < -0.39 is 0 Å². The summed E-state index contributed by atoms with van der Waals surface area (Å²) in [5.41, 5.74) is 2.21. The molecule has 0 spiro atoms. The van der Waals surface area contributed by atoms with Crippen LogP contribution in [0.15, 0.2) is 29.1 Å². The molecule has 0 bridgehead atoms. The van der Waals surface area contributed by atoms with Crippen LogP contribution in [0.2, 0.25) is 0 Å². The Morgan fingerprint density at radius 3 is 2.76 bits per heavy atom. The van der Waals surface area contributed by atoms with Crippen molar-refractivity contribution in [2.24, 2.45) is 0 Å². The molecule has 4 nitrogen and oxygen atoms in total. The van der Waals surface area contributed by atoms with Crippen molar-refractivity contribution in [1.29, 1.82) is 0 Å². The molecule has 0 saturated carbocycles. The number of hydrogen-bond acceptors (Lipinski definition) is 3. The van der Waals surface area contributed by atoms with Crippen LogP contribution in [0.3, 0.4) is 0 Å². The average molecular weight is 286 g/mol. The summed E-state index contributed by atoms with van der Waals surface area (Å²) in [6.07, 6.45) is 1.83. The van der Waals surface area contributed by atoms with Gasteiger partial charge in [-0.3, -0.25) is 4.79 Å². The molecule has 0 saturated heterocycles. The Morgan fingerprint density at radius 1 is 1.33 bits per heavy atom. The highest BCUT2D eigenvalue weighted by molar-refractivity contribution is 5.64. The summed E-state index contributed by atoms with van der Waals surface area (Å²) >= 11 is 0. The molecular formula is C17H22N2O2. The molecule has 21 heavy (non-hydrogen) atoms. The second kappa shape index (κ2) is 6.57. The predicted octanol–water partition coefficient (Wildman–Crippen LogP) is 3.49. The minimum Gasteiger partial charge on any atom is -0.491 e. The Morgan fingerprint density at radius 2 is 2.10 bits per heavy atom. The third kappa shape index (κ3) is 3.72. The molecule has 4 heteroatoms. The molecule has 0 amide bonds. The van der Waals surface area contributed by atoms with Crippen molar-refractivity contribution in [2.75, 3.05) is 0 Å². The zero-order valence-electron chi connectivity index (χ0n) is 13.1. The molecule has 0 aliphatic carbocycles. The van der Waals surface area contributed by atoms with Gasteiger partial charge in [0, 0.05) is 17.5 Å². The second-order valence-corrected chi connectivity index (χ2v) is 5.43. The van der Waals surface area contributed by atoms with E-state index >= 15 is 0 Å². The molecule has 1 heterocycles. The first-order valence-corrected chi connectivity index (χ1v) is 7.38. The highest BCUT2D eigenvalue weighted by atomic mass is 16.5. The van der Waals surface area contributed by atoms with Crippen LogP contribution in [0.4, 0.5) is 0 Å². The quantitative estimate of drug-likeness (QED) is 0.915. The fourth-order valence-electron chi connectivity index (χ4n) is 2.20. The van der Waals surface area contributed by atoms with E-state index in [0.717, 1.165) is 35.7 Å². The van der Waals surface area contributed by atoms with Crippen LogP contribution in [0, 0.1) is 6.92 Å². The van der Waals surface area contributed by atoms with Gasteiger partial charge in [0.2, 0.25) is 0 Å². The molecule has 1 aromatic heterocycles. The van der Waals surface area contributed by atoms with Crippen molar-refractivity contribution < 1.29 is 4.74 Å². The van der Waals surface area contributed by atoms with E-state index in [0.29, 0.717) is 5.56 Å². The summed E-state index contributed by atoms with van der Waals surface area (Å²) in [4.78, 5) is 19.5. The lowest BCUT2D eigenvalue weighted by Crippen LogP contribution is -2.16. The van der Waals surface area contributed by atoms with Crippen LogP contribution in [0.25, 0.3) is 11.3 Å².